The summed E-state index contributed by atoms with van der Waals surface area (Å²) < 4.78 is 10.8. The van der Waals surface area contributed by atoms with Gasteiger partial charge in [-0.05, 0) is 66.6 Å². The number of methoxy groups -OCH3 is 1. The number of carbonyl (C=O) groups is 1. The monoisotopic (exact) mass is 358 g/mol. The fourth-order valence-corrected chi connectivity index (χ4v) is 2.48. The van der Waals surface area contributed by atoms with Gasteiger partial charge in [0, 0.05) is 10.6 Å². The summed E-state index contributed by atoms with van der Waals surface area (Å²) in [7, 11) is 1.59. The normalized spacial score (nSPS) is 10.8. The molecule has 3 nitrogen and oxygen atoms in total. The number of carbonyl (C=O) groups excluding carboxylic acids is 1. The number of allylic oxidation sites excluding steroid dienone is 1. The Morgan fingerprint density at radius 3 is 2.48 bits per heavy atom. The Balaban J connectivity index is 1.98. The molecule has 0 saturated carbocycles. The molecule has 4 heteroatoms. The average Bonchev–Trinajstić information content (AvgIpc) is 2.65. The van der Waals surface area contributed by atoms with E-state index in [0.717, 1.165) is 24.2 Å². The zero-order valence-corrected chi connectivity index (χ0v) is 15.4. The van der Waals surface area contributed by atoms with Gasteiger partial charge >= 0.3 is 0 Å². The van der Waals surface area contributed by atoms with Crippen molar-refractivity contribution in [3.63, 3.8) is 0 Å². The van der Waals surface area contributed by atoms with Crippen LogP contribution in [0, 0.1) is 0 Å². The molecule has 0 fully saturated rings. The van der Waals surface area contributed by atoms with E-state index in [1.54, 1.807) is 43.5 Å². The van der Waals surface area contributed by atoms with E-state index >= 15 is 0 Å². The summed E-state index contributed by atoms with van der Waals surface area (Å²) in [5.74, 6) is 1.39. The standard InChI is InChI=1S/C21H23ClO3/c1-3-4-5-14-25-18-9-6-16(7-10-18)21(23)13-8-17-15-19(24-2)11-12-20(17)22/h6-13,15H,3-5,14H2,1-2H3. The summed E-state index contributed by atoms with van der Waals surface area (Å²) in [6.07, 6.45) is 6.58. The second-order valence-corrected chi connectivity index (χ2v) is 6.07. The molecule has 0 aromatic heterocycles. The van der Waals surface area contributed by atoms with Crippen LogP contribution < -0.4 is 9.47 Å². The summed E-state index contributed by atoms with van der Waals surface area (Å²) in [6, 6.07) is 12.5. The molecule has 0 spiro atoms. The number of ether oxygens (including phenoxy) is 2. The molecule has 0 heterocycles. The van der Waals surface area contributed by atoms with Gasteiger partial charge in [0.25, 0.3) is 0 Å². The number of halogens is 1. The van der Waals surface area contributed by atoms with Crippen molar-refractivity contribution in [3.8, 4) is 11.5 Å². The van der Waals surface area contributed by atoms with Crippen LogP contribution >= 0.6 is 11.6 Å². The van der Waals surface area contributed by atoms with Gasteiger partial charge in [0.2, 0.25) is 0 Å². The van der Waals surface area contributed by atoms with Crippen molar-refractivity contribution in [2.75, 3.05) is 13.7 Å². The van der Waals surface area contributed by atoms with Gasteiger partial charge in [-0.3, -0.25) is 4.79 Å². The highest BCUT2D eigenvalue weighted by atomic mass is 35.5. The van der Waals surface area contributed by atoms with Gasteiger partial charge in [-0.2, -0.15) is 0 Å². The fourth-order valence-electron chi connectivity index (χ4n) is 2.30. The maximum Gasteiger partial charge on any atom is 0.185 e. The highest BCUT2D eigenvalue weighted by Crippen LogP contribution is 2.23. The Morgan fingerprint density at radius 1 is 1.08 bits per heavy atom. The van der Waals surface area contributed by atoms with E-state index in [4.69, 9.17) is 21.1 Å². The van der Waals surface area contributed by atoms with Crippen molar-refractivity contribution < 1.29 is 14.3 Å². The molecule has 0 radical (unpaired) electrons. The van der Waals surface area contributed by atoms with Crippen molar-refractivity contribution in [2.45, 2.75) is 26.2 Å². The summed E-state index contributed by atoms with van der Waals surface area (Å²) in [5.41, 5.74) is 1.35. The Bertz CT molecular complexity index is 720. The first-order valence-electron chi connectivity index (χ1n) is 8.43. The summed E-state index contributed by atoms with van der Waals surface area (Å²) in [6.45, 7) is 2.86. The van der Waals surface area contributed by atoms with E-state index in [9.17, 15) is 4.79 Å². The lowest BCUT2D eigenvalue weighted by molar-refractivity contribution is 0.104. The third-order valence-corrected chi connectivity index (χ3v) is 4.12. The van der Waals surface area contributed by atoms with E-state index in [2.05, 4.69) is 6.92 Å². The lowest BCUT2D eigenvalue weighted by Gasteiger charge is -2.06. The van der Waals surface area contributed by atoms with Crippen LogP contribution in [0.4, 0.5) is 0 Å². The van der Waals surface area contributed by atoms with Crippen LogP contribution in [0.25, 0.3) is 6.08 Å². The number of benzene rings is 2. The van der Waals surface area contributed by atoms with Crippen LogP contribution in [0.3, 0.4) is 0 Å². The van der Waals surface area contributed by atoms with Gasteiger partial charge in [0.05, 0.1) is 13.7 Å². The average molecular weight is 359 g/mol. The van der Waals surface area contributed by atoms with E-state index < -0.39 is 0 Å². The Morgan fingerprint density at radius 2 is 1.80 bits per heavy atom. The molecule has 0 saturated heterocycles. The van der Waals surface area contributed by atoms with Crippen molar-refractivity contribution in [1.29, 1.82) is 0 Å². The first kappa shape index (κ1) is 19.1. The molecular formula is C21H23ClO3. The number of ketones is 1. The molecule has 0 amide bonds. The molecule has 0 atom stereocenters. The zero-order valence-electron chi connectivity index (χ0n) is 14.6. The summed E-state index contributed by atoms with van der Waals surface area (Å²) in [4.78, 5) is 12.3. The molecule has 0 bridgehead atoms. The van der Waals surface area contributed by atoms with E-state index in [0.29, 0.717) is 22.9 Å². The van der Waals surface area contributed by atoms with Crippen molar-refractivity contribution >= 4 is 23.5 Å². The van der Waals surface area contributed by atoms with Gasteiger partial charge in [-0.25, -0.2) is 0 Å². The second-order valence-electron chi connectivity index (χ2n) is 5.66. The van der Waals surface area contributed by atoms with Gasteiger partial charge in [-0.15, -0.1) is 0 Å². The fraction of sp³-hybridized carbons (Fsp3) is 0.286. The first-order valence-corrected chi connectivity index (χ1v) is 8.80. The smallest absolute Gasteiger partial charge is 0.185 e. The van der Waals surface area contributed by atoms with Crippen LogP contribution in [0.15, 0.2) is 48.5 Å². The predicted molar refractivity (Wildman–Crippen MR) is 103 cm³/mol. The van der Waals surface area contributed by atoms with Crippen LogP contribution in [0.5, 0.6) is 11.5 Å². The van der Waals surface area contributed by atoms with E-state index in [1.807, 2.05) is 12.1 Å². The Kier molecular flexibility index (Phi) is 7.55. The molecule has 25 heavy (non-hydrogen) atoms. The van der Waals surface area contributed by atoms with Crippen LogP contribution in [-0.2, 0) is 0 Å². The molecule has 0 aliphatic heterocycles. The van der Waals surface area contributed by atoms with E-state index in [-0.39, 0.29) is 5.78 Å². The molecule has 0 N–H and O–H groups in total. The molecule has 2 rings (SSSR count). The van der Waals surface area contributed by atoms with Gasteiger partial charge in [0.15, 0.2) is 5.78 Å². The third kappa shape index (κ3) is 5.95. The Hall–Kier alpha value is -2.26. The van der Waals surface area contributed by atoms with Crippen LogP contribution in [0.1, 0.15) is 42.1 Å². The highest BCUT2D eigenvalue weighted by Gasteiger charge is 2.04. The van der Waals surface area contributed by atoms with Crippen LogP contribution in [-0.4, -0.2) is 19.5 Å². The number of hydrogen-bond acceptors (Lipinski definition) is 3. The minimum Gasteiger partial charge on any atom is -0.497 e. The molecule has 0 unspecified atom stereocenters. The highest BCUT2D eigenvalue weighted by molar-refractivity contribution is 6.32. The quantitative estimate of drug-likeness (QED) is 0.322. The van der Waals surface area contributed by atoms with Crippen molar-refractivity contribution in [2.24, 2.45) is 0 Å². The minimum atomic E-state index is -0.0866. The molecule has 2 aromatic rings. The van der Waals surface area contributed by atoms with E-state index in [1.165, 1.54) is 12.5 Å². The largest absolute Gasteiger partial charge is 0.497 e. The second kappa shape index (κ2) is 9.90. The van der Waals surface area contributed by atoms with Crippen molar-refractivity contribution in [3.05, 3.63) is 64.7 Å². The van der Waals surface area contributed by atoms with Crippen LogP contribution in [0.2, 0.25) is 5.02 Å². The zero-order chi connectivity index (χ0) is 18.1. The summed E-state index contributed by atoms with van der Waals surface area (Å²) >= 11 is 6.14. The summed E-state index contributed by atoms with van der Waals surface area (Å²) in [5, 5.41) is 0.570. The minimum absolute atomic E-state index is 0.0866. The Labute approximate surface area is 154 Å². The van der Waals surface area contributed by atoms with Gasteiger partial charge in [-0.1, -0.05) is 31.4 Å². The molecule has 0 aliphatic carbocycles. The molecule has 0 aliphatic rings. The third-order valence-electron chi connectivity index (χ3n) is 3.77. The number of rotatable bonds is 9. The van der Waals surface area contributed by atoms with Gasteiger partial charge < -0.3 is 9.47 Å². The number of hydrogen-bond donors (Lipinski definition) is 0. The predicted octanol–water partition coefficient (Wildman–Crippen LogP) is 5.81. The topological polar surface area (TPSA) is 35.5 Å². The molecule has 132 valence electrons. The number of unbranched alkanes of at least 4 members (excludes halogenated alkanes) is 2. The lowest BCUT2D eigenvalue weighted by atomic mass is 10.1. The SMILES string of the molecule is CCCCCOc1ccc(C(=O)C=Cc2cc(OC)ccc2Cl)cc1. The first-order chi connectivity index (χ1) is 12.1. The van der Waals surface area contributed by atoms with Crippen molar-refractivity contribution in [1.82, 2.24) is 0 Å². The molecular weight excluding hydrogens is 336 g/mol. The maximum absolute atomic E-state index is 12.3. The lowest BCUT2D eigenvalue weighted by Crippen LogP contribution is -1.98. The van der Waals surface area contributed by atoms with Gasteiger partial charge in [0.1, 0.15) is 11.5 Å². The maximum atomic E-state index is 12.3. The molecule has 2 aromatic carbocycles.